The van der Waals surface area contributed by atoms with Crippen molar-refractivity contribution >= 4 is 23.4 Å². The molecule has 8 heteroatoms. The van der Waals surface area contributed by atoms with E-state index in [2.05, 4.69) is 10.1 Å². The molecule has 0 aromatic heterocycles. The molecule has 1 aromatic carbocycles. The molecule has 0 fully saturated rings. The van der Waals surface area contributed by atoms with Crippen LogP contribution < -0.4 is 11.1 Å². The van der Waals surface area contributed by atoms with Crippen LogP contribution in [0.15, 0.2) is 18.2 Å². The number of nitro groups is 1. The van der Waals surface area contributed by atoms with Crippen LogP contribution in [0.4, 0.5) is 10.5 Å². The number of nitrogens with one attached hydrogen (secondary N) is 1. The first-order valence-corrected chi connectivity index (χ1v) is 5.44. The highest BCUT2D eigenvalue weighted by Crippen LogP contribution is 2.24. The van der Waals surface area contributed by atoms with Crippen LogP contribution in [0.1, 0.15) is 5.56 Å². The molecular formula is C10H12ClN3O4. The first-order valence-electron chi connectivity index (χ1n) is 5.06. The number of hydrogen-bond donors (Lipinski definition) is 2. The van der Waals surface area contributed by atoms with Crippen LogP contribution in [-0.4, -0.2) is 24.2 Å². The molecule has 0 bridgehead atoms. The summed E-state index contributed by atoms with van der Waals surface area (Å²) in [6.45, 7) is 0.949. The zero-order valence-corrected chi connectivity index (χ0v) is 10.1. The summed E-state index contributed by atoms with van der Waals surface area (Å²) >= 11 is 5.68. The van der Waals surface area contributed by atoms with Crippen LogP contribution in [0.25, 0.3) is 0 Å². The van der Waals surface area contributed by atoms with Crippen molar-refractivity contribution in [1.82, 2.24) is 5.32 Å². The number of amides is 1. The minimum Gasteiger partial charge on any atom is -0.448 e. The van der Waals surface area contributed by atoms with Crippen molar-refractivity contribution in [2.75, 3.05) is 13.2 Å². The number of rotatable bonds is 6. The van der Waals surface area contributed by atoms with E-state index < -0.39 is 11.0 Å². The Morgan fingerprint density at radius 2 is 2.28 bits per heavy atom. The molecule has 0 atom stereocenters. The number of hydrogen-bond acceptors (Lipinski definition) is 5. The molecule has 18 heavy (non-hydrogen) atoms. The minimum atomic E-state index is -0.834. The number of nitrogens with zero attached hydrogens (tertiary/aromatic N) is 1. The Balaban J connectivity index is 2.45. The van der Waals surface area contributed by atoms with Gasteiger partial charge in [-0.1, -0.05) is 17.7 Å². The monoisotopic (exact) mass is 273 g/mol. The molecule has 0 heterocycles. The Morgan fingerprint density at radius 3 is 2.89 bits per heavy atom. The lowest BCUT2D eigenvalue weighted by atomic mass is 10.2. The summed E-state index contributed by atoms with van der Waals surface area (Å²) in [5.74, 6) is 0. The lowest BCUT2D eigenvalue weighted by Crippen LogP contribution is -2.23. The molecule has 0 radical (unpaired) electrons. The topological polar surface area (TPSA) is 107 Å². The Bertz CT molecular complexity index is 453. The second kappa shape index (κ2) is 6.77. The number of carbonyl (C=O) groups excluding carboxylic acids is 1. The van der Waals surface area contributed by atoms with E-state index in [4.69, 9.17) is 17.3 Å². The second-order valence-electron chi connectivity index (χ2n) is 3.39. The molecule has 3 N–H and O–H groups in total. The fraction of sp³-hybridized carbons (Fsp3) is 0.300. The summed E-state index contributed by atoms with van der Waals surface area (Å²) in [7, 11) is 0. The number of benzene rings is 1. The fourth-order valence-corrected chi connectivity index (χ4v) is 1.45. The van der Waals surface area contributed by atoms with Crippen molar-refractivity contribution in [1.29, 1.82) is 0 Å². The predicted molar refractivity (Wildman–Crippen MR) is 65.3 cm³/mol. The number of primary amides is 1. The summed E-state index contributed by atoms with van der Waals surface area (Å²) in [6, 6.07) is 4.54. The molecule has 1 aromatic rings. The summed E-state index contributed by atoms with van der Waals surface area (Å²) in [4.78, 5) is 20.4. The van der Waals surface area contributed by atoms with Crippen molar-refractivity contribution in [3.63, 3.8) is 0 Å². The Morgan fingerprint density at radius 1 is 1.56 bits per heavy atom. The van der Waals surface area contributed by atoms with Gasteiger partial charge in [0.25, 0.3) is 5.69 Å². The highest BCUT2D eigenvalue weighted by molar-refractivity contribution is 6.32. The number of ether oxygens (including phenoxy) is 1. The summed E-state index contributed by atoms with van der Waals surface area (Å²) in [5, 5.41) is 13.7. The smallest absolute Gasteiger partial charge is 0.404 e. The van der Waals surface area contributed by atoms with Gasteiger partial charge < -0.3 is 15.8 Å². The molecule has 0 aliphatic carbocycles. The minimum absolute atomic E-state index is 0.0980. The van der Waals surface area contributed by atoms with Gasteiger partial charge in [-0.05, 0) is 11.6 Å². The zero-order chi connectivity index (χ0) is 13.5. The van der Waals surface area contributed by atoms with Crippen LogP contribution in [0.2, 0.25) is 5.02 Å². The van der Waals surface area contributed by atoms with Crippen LogP contribution in [0, 0.1) is 10.1 Å². The maximum Gasteiger partial charge on any atom is 0.404 e. The second-order valence-corrected chi connectivity index (χ2v) is 3.79. The third kappa shape index (κ3) is 4.56. The van der Waals surface area contributed by atoms with Crippen molar-refractivity contribution in [2.45, 2.75) is 6.54 Å². The lowest BCUT2D eigenvalue weighted by Gasteiger charge is -2.05. The molecule has 0 unspecified atom stereocenters. The molecule has 1 rings (SSSR count). The van der Waals surface area contributed by atoms with E-state index in [-0.39, 0.29) is 17.3 Å². The number of nitro benzene ring substituents is 1. The largest absolute Gasteiger partial charge is 0.448 e. The van der Waals surface area contributed by atoms with Crippen molar-refractivity contribution in [3.05, 3.63) is 38.9 Å². The highest BCUT2D eigenvalue weighted by atomic mass is 35.5. The van der Waals surface area contributed by atoms with Gasteiger partial charge in [0.1, 0.15) is 11.6 Å². The van der Waals surface area contributed by atoms with Crippen LogP contribution >= 0.6 is 11.6 Å². The van der Waals surface area contributed by atoms with Crippen LogP contribution in [0.5, 0.6) is 0 Å². The zero-order valence-electron chi connectivity index (χ0n) is 9.39. The lowest BCUT2D eigenvalue weighted by molar-refractivity contribution is -0.384. The normalized spacial score (nSPS) is 10.1. The maximum atomic E-state index is 10.7. The first-order chi connectivity index (χ1) is 8.50. The number of nitrogens with two attached hydrogens (primary N) is 1. The van der Waals surface area contributed by atoms with E-state index in [1.54, 1.807) is 6.07 Å². The van der Waals surface area contributed by atoms with Crippen molar-refractivity contribution < 1.29 is 14.5 Å². The SMILES string of the molecule is NC(=O)OCCNCc1ccc(Cl)c([N+](=O)[O-])c1. The first kappa shape index (κ1) is 14.2. The third-order valence-electron chi connectivity index (χ3n) is 2.06. The van der Waals surface area contributed by atoms with E-state index in [0.717, 1.165) is 0 Å². The van der Waals surface area contributed by atoms with Gasteiger partial charge in [0.2, 0.25) is 0 Å². The molecule has 0 aliphatic heterocycles. The number of carbonyl (C=O) groups is 1. The van der Waals surface area contributed by atoms with Gasteiger partial charge >= 0.3 is 6.09 Å². The van der Waals surface area contributed by atoms with E-state index in [0.29, 0.717) is 18.7 Å². The van der Waals surface area contributed by atoms with Crippen molar-refractivity contribution in [3.8, 4) is 0 Å². The molecule has 0 spiro atoms. The standard InChI is InChI=1S/C10H12ClN3O4/c11-8-2-1-7(5-9(8)14(16)17)6-13-3-4-18-10(12)15/h1-2,5,13H,3-4,6H2,(H2,12,15). The molecule has 1 amide bonds. The van der Waals surface area contributed by atoms with Gasteiger partial charge in [0, 0.05) is 19.2 Å². The quantitative estimate of drug-likeness (QED) is 0.463. The summed E-state index contributed by atoms with van der Waals surface area (Å²) in [6.07, 6.45) is -0.834. The fourth-order valence-electron chi connectivity index (χ4n) is 1.26. The van der Waals surface area contributed by atoms with Gasteiger partial charge in [0.05, 0.1) is 4.92 Å². The van der Waals surface area contributed by atoms with Gasteiger partial charge in [-0.15, -0.1) is 0 Å². The maximum absolute atomic E-state index is 10.7. The van der Waals surface area contributed by atoms with Gasteiger partial charge in [0.15, 0.2) is 0 Å². The molecule has 98 valence electrons. The summed E-state index contributed by atoms with van der Waals surface area (Å²) < 4.78 is 4.51. The average molecular weight is 274 g/mol. The van der Waals surface area contributed by atoms with E-state index in [1.165, 1.54) is 12.1 Å². The third-order valence-corrected chi connectivity index (χ3v) is 2.38. The Labute approximate surface area is 108 Å². The molecular weight excluding hydrogens is 262 g/mol. The van der Waals surface area contributed by atoms with Crippen LogP contribution in [0.3, 0.4) is 0 Å². The Kier molecular flexibility index (Phi) is 5.34. The molecule has 0 saturated carbocycles. The molecule has 0 aliphatic rings. The van der Waals surface area contributed by atoms with E-state index in [9.17, 15) is 14.9 Å². The number of halogens is 1. The molecule has 7 nitrogen and oxygen atoms in total. The average Bonchev–Trinajstić information content (AvgIpc) is 2.30. The van der Waals surface area contributed by atoms with Crippen molar-refractivity contribution in [2.24, 2.45) is 5.73 Å². The molecule has 0 saturated heterocycles. The van der Waals surface area contributed by atoms with Gasteiger partial charge in [-0.3, -0.25) is 10.1 Å². The van der Waals surface area contributed by atoms with Gasteiger partial charge in [-0.2, -0.15) is 0 Å². The van der Waals surface area contributed by atoms with Gasteiger partial charge in [-0.25, -0.2) is 4.79 Å². The highest BCUT2D eigenvalue weighted by Gasteiger charge is 2.12. The van der Waals surface area contributed by atoms with E-state index in [1.807, 2.05) is 0 Å². The Hall–Kier alpha value is -1.86. The van der Waals surface area contributed by atoms with E-state index >= 15 is 0 Å². The summed E-state index contributed by atoms with van der Waals surface area (Å²) in [5.41, 5.74) is 5.36. The predicted octanol–water partition coefficient (Wildman–Crippen LogP) is 1.43. The van der Waals surface area contributed by atoms with Crippen LogP contribution in [-0.2, 0) is 11.3 Å².